The van der Waals surface area contributed by atoms with E-state index >= 15 is 0 Å². The molecular weight excluding hydrogens is 328 g/mol. The molecule has 0 aliphatic carbocycles. The van der Waals surface area contributed by atoms with Crippen LogP contribution in [0.1, 0.15) is 11.1 Å². The lowest BCUT2D eigenvalue weighted by atomic mass is 10.0. The largest absolute Gasteiger partial charge is 0.488 e. The van der Waals surface area contributed by atoms with Gasteiger partial charge >= 0.3 is 0 Å². The lowest BCUT2D eigenvalue weighted by Crippen LogP contribution is -2.10. The number of thiocarbonyl (C=S) groups is 1. The average molecular weight is 344 g/mol. The summed E-state index contributed by atoms with van der Waals surface area (Å²) in [4.78, 5) is 0.0736. The van der Waals surface area contributed by atoms with E-state index in [1.54, 1.807) is 6.08 Å². The van der Waals surface area contributed by atoms with Gasteiger partial charge in [0.2, 0.25) is 0 Å². The lowest BCUT2D eigenvalue weighted by molar-refractivity contribution is 0.306. The van der Waals surface area contributed by atoms with E-state index in [2.05, 4.69) is 6.07 Å². The second-order valence-electron chi connectivity index (χ2n) is 5.51. The molecule has 0 bridgehead atoms. The molecule has 0 radical (unpaired) electrons. The van der Waals surface area contributed by atoms with E-state index in [9.17, 15) is 5.26 Å². The highest BCUT2D eigenvalue weighted by Crippen LogP contribution is 2.31. The Morgan fingerprint density at radius 1 is 1.04 bits per heavy atom. The summed E-state index contributed by atoms with van der Waals surface area (Å²) in [6.07, 6.45) is 1.70. The molecule has 3 aromatic carbocycles. The Labute approximate surface area is 152 Å². The van der Waals surface area contributed by atoms with Gasteiger partial charge in [0.1, 0.15) is 23.4 Å². The monoisotopic (exact) mass is 344 g/mol. The van der Waals surface area contributed by atoms with Crippen LogP contribution in [0.3, 0.4) is 0 Å². The maximum atomic E-state index is 9.30. The summed E-state index contributed by atoms with van der Waals surface area (Å²) >= 11 is 4.97. The van der Waals surface area contributed by atoms with Crippen molar-refractivity contribution in [3.8, 4) is 11.8 Å². The molecule has 3 nitrogen and oxygen atoms in total. The summed E-state index contributed by atoms with van der Waals surface area (Å²) in [5.74, 6) is 0.687. The molecule has 0 spiro atoms. The zero-order valence-corrected chi connectivity index (χ0v) is 14.3. The van der Waals surface area contributed by atoms with E-state index in [0.29, 0.717) is 12.4 Å². The smallest absolute Gasteiger partial charge is 0.127 e. The standard InChI is InChI=1S/C21H16N2OS/c22-13-17(21(23)25)12-19-18-9-5-4-8-16(18)10-11-20(19)24-14-15-6-2-1-3-7-15/h1-12H,14H2,(H2,23,25)/b17-12+. The number of nitrogens with zero attached hydrogens (tertiary/aromatic N) is 1. The summed E-state index contributed by atoms with van der Waals surface area (Å²) in [6, 6.07) is 23.8. The van der Waals surface area contributed by atoms with Crippen LogP contribution in [0.15, 0.2) is 72.3 Å². The molecule has 0 heterocycles. The van der Waals surface area contributed by atoms with E-state index in [4.69, 9.17) is 22.7 Å². The van der Waals surface area contributed by atoms with Crippen molar-refractivity contribution >= 4 is 34.1 Å². The maximum absolute atomic E-state index is 9.30. The van der Waals surface area contributed by atoms with Crippen LogP contribution in [-0.2, 0) is 6.61 Å². The molecule has 4 heteroatoms. The van der Waals surface area contributed by atoms with Gasteiger partial charge in [0.25, 0.3) is 0 Å². The van der Waals surface area contributed by atoms with Crippen molar-refractivity contribution in [1.82, 2.24) is 0 Å². The van der Waals surface area contributed by atoms with Gasteiger partial charge in [0.15, 0.2) is 0 Å². The molecule has 122 valence electrons. The van der Waals surface area contributed by atoms with Crippen LogP contribution in [0.2, 0.25) is 0 Å². The SMILES string of the molecule is N#C/C(=C\c1c(OCc2ccccc2)ccc2ccccc12)C(N)=S. The Kier molecular flexibility index (Phi) is 5.08. The van der Waals surface area contributed by atoms with Crippen LogP contribution >= 0.6 is 12.2 Å². The molecule has 0 aliphatic heterocycles. The fourth-order valence-corrected chi connectivity index (χ4v) is 2.69. The minimum absolute atomic E-state index is 0.0736. The average Bonchev–Trinajstić information content (AvgIpc) is 2.65. The molecular formula is C21H16N2OS. The second kappa shape index (κ2) is 7.61. The second-order valence-corrected chi connectivity index (χ2v) is 5.95. The summed E-state index contributed by atoms with van der Waals surface area (Å²) in [6.45, 7) is 0.439. The van der Waals surface area contributed by atoms with Crippen LogP contribution in [-0.4, -0.2) is 4.99 Å². The molecule has 0 unspecified atom stereocenters. The number of hydrogen-bond acceptors (Lipinski definition) is 3. The third-order valence-electron chi connectivity index (χ3n) is 3.84. The third-order valence-corrected chi connectivity index (χ3v) is 4.06. The summed E-state index contributed by atoms with van der Waals surface area (Å²) in [5.41, 5.74) is 7.79. The quantitative estimate of drug-likeness (QED) is 0.417. The molecule has 0 saturated heterocycles. The van der Waals surface area contributed by atoms with Crippen LogP contribution in [0.25, 0.3) is 16.8 Å². The van der Waals surface area contributed by atoms with E-state index < -0.39 is 0 Å². The van der Waals surface area contributed by atoms with Crippen LogP contribution in [0, 0.1) is 11.3 Å². The fourth-order valence-electron chi connectivity index (χ4n) is 2.59. The van der Waals surface area contributed by atoms with Crippen LogP contribution in [0.4, 0.5) is 0 Å². The number of nitrogens with two attached hydrogens (primary N) is 1. The Hall–Kier alpha value is -3.16. The Morgan fingerprint density at radius 3 is 2.48 bits per heavy atom. The normalized spacial score (nSPS) is 11.1. The van der Waals surface area contributed by atoms with Gasteiger partial charge in [-0.15, -0.1) is 0 Å². The number of ether oxygens (including phenoxy) is 1. The molecule has 0 saturated carbocycles. The first-order valence-corrected chi connectivity index (χ1v) is 8.20. The first kappa shape index (κ1) is 16.7. The molecule has 0 amide bonds. The topological polar surface area (TPSA) is 59.0 Å². The molecule has 0 aromatic heterocycles. The highest BCUT2D eigenvalue weighted by atomic mass is 32.1. The van der Waals surface area contributed by atoms with Gasteiger partial charge < -0.3 is 10.5 Å². The van der Waals surface area contributed by atoms with Crippen LogP contribution in [0.5, 0.6) is 5.75 Å². The van der Waals surface area contributed by atoms with E-state index in [-0.39, 0.29) is 10.6 Å². The van der Waals surface area contributed by atoms with Gasteiger partial charge in [-0.05, 0) is 28.5 Å². The van der Waals surface area contributed by atoms with Gasteiger partial charge in [-0.25, -0.2) is 0 Å². The van der Waals surface area contributed by atoms with Gasteiger partial charge in [-0.2, -0.15) is 5.26 Å². The predicted molar refractivity (Wildman–Crippen MR) is 105 cm³/mol. The zero-order chi connectivity index (χ0) is 17.6. The molecule has 3 rings (SSSR count). The summed E-state index contributed by atoms with van der Waals surface area (Å²) in [5, 5.41) is 11.3. The van der Waals surface area contributed by atoms with Crippen molar-refractivity contribution in [3.05, 3.63) is 83.4 Å². The van der Waals surface area contributed by atoms with Gasteiger partial charge in [-0.3, -0.25) is 0 Å². The molecule has 3 aromatic rings. The minimum Gasteiger partial charge on any atom is -0.488 e. The summed E-state index contributed by atoms with van der Waals surface area (Å²) in [7, 11) is 0. The molecule has 2 N–H and O–H groups in total. The predicted octanol–water partition coefficient (Wildman–Crippen LogP) is 4.61. The van der Waals surface area contributed by atoms with Crippen molar-refractivity contribution in [2.75, 3.05) is 0 Å². The molecule has 0 aliphatic rings. The number of fused-ring (bicyclic) bond motifs is 1. The fraction of sp³-hybridized carbons (Fsp3) is 0.0476. The van der Waals surface area contributed by atoms with Crippen molar-refractivity contribution in [2.45, 2.75) is 6.61 Å². The highest BCUT2D eigenvalue weighted by Gasteiger charge is 2.10. The Bertz CT molecular complexity index is 988. The first-order valence-electron chi connectivity index (χ1n) is 7.79. The third kappa shape index (κ3) is 3.85. The molecule has 0 fully saturated rings. The minimum atomic E-state index is 0.0736. The summed E-state index contributed by atoms with van der Waals surface area (Å²) < 4.78 is 6.02. The van der Waals surface area contributed by atoms with E-state index in [1.807, 2.05) is 66.7 Å². The number of benzene rings is 3. The van der Waals surface area contributed by atoms with Crippen molar-refractivity contribution in [2.24, 2.45) is 5.73 Å². The van der Waals surface area contributed by atoms with Crippen molar-refractivity contribution in [3.63, 3.8) is 0 Å². The van der Waals surface area contributed by atoms with Crippen LogP contribution < -0.4 is 10.5 Å². The number of hydrogen-bond donors (Lipinski definition) is 1. The van der Waals surface area contributed by atoms with E-state index in [0.717, 1.165) is 21.9 Å². The van der Waals surface area contributed by atoms with Crippen molar-refractivity contribution < 1.29 is 4.74 Å². The zero-order valence-electron chi connectivity index (χ0n) is 13.5. The van der Waals surface area contributed by atoms with Gasteiger partial charge in [0.05, 0.1) is 5.57 Å². The number of nitriles is 1. The number of rotatable bonds is 5. The van der Waals surface area contributed by atoms with E-state index in [1.165, 1.54) is 0 Å². The maximum Gasteiger partial charge on any atom is 0.127 e. The van der Waals surface area contributed by atoms with Gasteiger partial charge in [-0.1, -0.05) is 72.9 Å². The first-order chi connectivity index (χ1) is 12.2. The molecule has 0 atom stereocenters. The highest BCUT2D eigenvalue weighted by molar-refractivity contribution is 7.80. The van der Waals surface area contributed by atoms with Crippen molar-refractivity contribution in [1.29, 1.82) is 5.26 Å². The van der Waals surface area contributed by atoms with Gasteiger partial charge in [0, 0.05) is 5.56 Å². The Morgan fingerprint density at radius 2 is 1.76 bits per heavy atom. The molecule has 25 heavy (non-hydrogen) atoms. The Balaban J connectivity index is 2.07. The lowest BCUT2D eigenvalue weighted by Gasteiger charge is -2.12.